The number of phenols is 6. The van der Waals surface area contributed by atoms with Gasteiger partial charge in [0.2, 0.25) is 11.5 Å². The van der Waals surface area contributed by atoms with E-state index in [1.165, 1.54) is 24.3 Å². The van der Waals surface area contributed by atoms with Crippen LogP contribution in [-0.4, -0.2) is 30.6 Å². The largest absolute Gasteiger partial charge is 0.504 e. The summed E-state index contributed by atoms with van der Waals surface area (Å²) in [6.45, 7) is 1.90. The van der Waals surface area contributed by atoms with Crippen LogP contribution in [0.1, 0.15) is 36.8 Å². The van der Waals surface area contributed by atoms with Crippen molar-refractivity contribution in [3.63, 3.8) is 0 Å². The molecule has 0 atom stereocenters. The average molecular weight is 306 g/mol. The highest BCUT2D eigenvalue weighted by Gasteiger charge is 2.25. The molecule has 0 unspecified atom stereocenters. The third-order valence-corrected chi connectivity index (χ3v) is 3.65. The second-order valence-electron chi connectivity index (χ2n) is 5.08. The highest BCUT2D eigenvalue weighted by molar-refractivity contribution is 5.60. The molecular weight excluding hydrogens is 288 g/mol. The number of aromatic hydroxyl groups is 6. The van der Waals surface area contributed by atoms with Crippen molar-refractivity contribution in [1.82, 2.24) is 0 Å². The van der Waals surface area contributed by atoms with Gasteiger partial charge in [-0.1, -0.05) is 25.5 Å². The molecule has 0 saturated carbocycles. The Hall–Kier alpha value is -2.76. The molecule has 0 aliphatic rings. The normalized spacial score (nSPS) is 11.0. The monoisotopic (exact) mass is 306 g/mol. The predicted molar refractivity (Wildman–Crippen MR) is 79.6 cm³/mol. The van der Waals surface area contributed by atoms with Crippen molar-refractivity contribution in [2.45, 2.75) is 25.7 Å². The number of benzene rings is 2. The lowest BCUT2D eigenvalue weighted by Crippen LogP contribution is -2.02. The van der Waals surface area contributed by atoms with E-state index in [2.05, 4.69) is 0 Å². The molecule has 0 aliphatic heterocycles. The molecule has 0 aliphatic carbocycles. The van der Waals surface area contributed by atoms with Gasteiger partial charge in [0.25, 0.3) is 0 Å². The van der Waals surface area contributed by atoms with E-state index in [1.54, 1.807) is 0 Å². The Morgan fingerprint density at radius 1 is 0.682 bits per heavy atom. The molecule has 118 valence electrons. The molecule has 0 fully saturated rings. The molecule has 2 rings (SSSR count). The fraction of sp³-hybridized carbons (Fsp3) is 0.250. The van der Waals surface area contributed by atoms with Crippen molar-refractivity contribution in [3.8, 4) is 34.5 Å². The molecule has 0 aromatic heterocycles. The topological polar surface area (TPSA) is 121 Å². The lowest BCUT2D eigenvalue weighted by Gasteiger charge is -2.21. The Morgan fingerprint density at radius 2 is 1.09 bits per heavy atom. The van der Waals surface area contributed by atoms with Crippen LogP contribution >= 0.6 is 0 Å². The maximum absolute atomic E-state index is 10.0. The maximum atomic E-state index is 10.0. The lowest BCUT2D eigenvalue weighted by atomic mass is 9.86. The van der Waals surface area contributed by atoms with Gasteiger partial charge < -0.3 is 30.6 Å². The first-order valence-corrected chi connectivity index (χ1v) is 6.86. The van der Waals surface area contributed by atoms with E-state index in [0.29, 0.717) is 24.0 Å². The van der Waals surface area contributed by atoms with E-state index in [0.717, 1.165) is 0 Å². The summed E-state index contributed by atoms with van der Waals surface area (Å²) < 4.78 is 0. The summed E-state index contributed by atoms with van der Waals surface area (Å²) in [6.07, 6.45) is 1.21. The zero-order valence-electron chi connectivity index (χ0n) is 12.0. The Balaban J connectivity index is 2.62. The standard InChI is InChI=1S/C16H18O6/c1-2-3-8(9-4-6-11(17)15(21)13(9)19)10-5-7-12(18)16(22)14(10)20/h4-8,17-22H,2-3H2,1H3. The third kappa shape index (κ3) is 2.55. The van der Waals surface area contributed by atoms with Crippen LogP contribution in [0.3, 0.4) is 0 Å². The zero-order chi connectivity index (χ0) is 16.4. The van der Waals surface area contributed by atoms with Gasteiger partial charge in [0.15, 0.2) is 23.0 Å². The van der Waals surface area contributed by atoms with Gasteiger partial charge in [-0.25, -0.2) is 0 Å². The molecule has 0 radical (unpaired) electrons. The van der Waals surface area contributed by atoms with Gasteiger partial charge in [-0.05, 0) is 18.6 Å². The van der Waals surface area contributed by atoms with Gasteiger partial charge in [-0.2, -0.15) is 0 Å². The van der Waals surface area contributed by atoms with Gasteiger partial charge in [0.05, 0.1) is 0 Å². The second kappa shape index (κ2) is 5.93. The van der Waals surface area contributed by atoms with Crippen LogP contribution in [0.4, 0.5) is 0 Å². The summed E-state index contributed by atoms with van der Waals surface area (Å²) >= 11 is 0. The van der Waals surface area contributed by atoms with Crippen molar-refractivity contribution < 1.29 is 30.6 Å². The van der Waals surface area contributed by atoms with E-state index >= 15 is 0 Å². The first kappa shape index (κ1) is 15.6. The smallest absolute Gasteiger partial charge is 0.200 e. The molecule has 0 spiro atoms. The summed E-state index contributed by atoms with van der Waals surface area (Å²) in [5.74, 6) is -3.66. The van der Waals surface area contributed by atoms with E-state index in [4.69, 9.17) is 0 Å². The first-order valence-electron chi connectivity index (χ1n) is 6.86. The highest BCUT2D eigenvalue weighted by atomic mass is 16.3. The minimum absolute atomic E-state index is 0.303. The SMILES string of the molecule is CCCC(c1ccc(O)c(O)c1O)c1ccc(O)c(O)c1O. The van der Waals surface area contributed by atoms with Crippen molar-refractivity contribution in [2.75, 3.05) is 0 Å². The van der Waals surface area contributed by atoms with Crippen LogP contribution in [0.2, 0.25) is 0 Å². The fourth-order valence-corrected chi connectivity index (χ4v) is 2.50. The number of rotatable bonds is 4. The molecule has 2 aromatic carbocycles. The summed E-state index contributed by atoms with van der Waals surface area (Å²) in [4.78, 5) is 0. The van der Waals surface area contributed by atoms with Crippen molar-refractivity contribution >= 4 is 0 Å². The molecule has 0 bridgehead atoms. The summed E-state index contributed by atoms with van der Waals surface area (Å²) in [7, 11) is 0. The van der Waals surface area contributed by atoms with Crippen LogP contribution in [0.25, 0.3) is 0 Å². The molecule has 2 aromatic rings. The Labute approximate surface area is 127 Å². The lowest BCUT2D eigenvalue weighted by molar-refractivity contribution is 0.358. The van der Waals surface area contributed by atoms with Crippen LogP contribution in [0.5, 0.6) is 34.5 Å². The van der Waals surface area contributed by atoms with E-state index < -0.39 is 40.4 Å². The Morgan fingerprint density at radius 3 is 1.45 bits per heavy atom. The number of hydrogen-bond donors (Lipinski definition) is 6. The highest BCUT2D eigenvalue weighted by Crippen LogP contribution is 2.48. The molecule has 22 heavy (non-hydrogen) atoms. The zero-order valence-corrected chi connectivity index (χ0v) is 12.0. The Bertz CT molecular complexity index is 638. The third-order valence-electron chi connectivity index (χ3n) is 3.65. The molecular formula is C16H18O6. The second-order valence-corrected chi connectivity index (χ2v) is 5.08. The van der Waals surface area contributed by atoms with Crippen LogP contribution < -0.4 is 0 Å². The molecule has 0 amide bonds. The van der Waals surface area contributed by atoms with Gasteiger partial charge in [0.1, 0.15) is 0 Å². The molecule has 6 nitrogen and oxygen atoms in total. The Kier molecular flexibility index (Phi) is 4.21. The molecule has 6 heteroatoms. The minimum Gasteiger partial charge on any atom is -0.504 e. The number of hydrogen-bond acceptors (Lipinski definition) is 6. The van der Waals surface area contributed by atoms with Crippen LogP contribution in [0.15, 0.2) is 24.3 Å². The van der Waals surface area contributed by atoms with Crippen LogP contribution in [-0.2, 0) is 0 Å². The molecule has 0 saturated heterocycles. The number of phenolic OH excluding ortho intramolecular Hbond substituents is 6. The van der Waals surface area contributed by atoms with E-state index in [1.807, 2.05) is 6.92 Å². The van der Waals surface area contributed by atoms with Crippen molar-refractivity contribution in [3.05, 3.63) is 35.4 Å². The first-order chi connectivity index (χ1) is 10.4. The van der Waals surface area contributed by atoms with Gasteiger partial charge in [-0.15, -0.1) is 0 Å². The van der Waals surface area contributed by atoms with Gasteiger partial charge >= 0.3 is 0 Å². The summed E-state index contributed by atoms with van der Waals surface area (Å²) in [5, 5.41) is 58.2. The average Bonchev–Trinajstić information content (AvgIpc) is 2.50. The fourth-order valence-electron chi connectivity index (χ4n) is 2.50. The van der Waals surface area contributed by atoms with Crippen molar-refractivity contribution in [2.24, 2.45) is 0 Å². The minimum atomic E-state index is -0.638. The predicted octanol–water partition coefficient (Wildman–Crippen LogP) is 2.85. The van der Waals surface area contributed by atoms with E-state index in [-0.39, 0.29) is 0 Å². The molecule has 6 N–H and O–H groups in total. The van der Waals surface area contributed by atoms with E-state index in [9.17, 15) is 30.6 Å². The van der Waals surface area contributed by atoms with Gasteiger partial charge in [-0.3, -0.25) is 0 Å². The maximum Gasteiger partial charge on any atom is 0.200 e. The summed E-state index contributed by atoms with van der Waals surface area (Å²) in [5.41, 5.74) is 0.607. The van der Waals surface area contributed by atoms with Crippen molar-refractivity contribution in [1.29, 1.82) is 0 Å². The quantitative estimate of drug-likeness (QED) is 0.483. The van der Waals surface area contributed by atoms with Gasteiger partial charge in [0, 0.05) is 17.0 Å². The summed E-state index contributed by atoms with van der Waals surface area (Å²) in [6, 6.07) is 5.36. The molecule has 0 heterocycles. The van der Waals surface area contributed by atoms with Crippen LogP contribution in [0, 0.1) is 0 Å².